The molecule has 1 rings (SSSR count). The van der Waals surface area contributed by atoms with E-state index in [1.165, 1.54) is 0 Å². The Morgan fingerprint density at radius 2 is 2.08 bits per heavy atom. The molecule has 1 aromatic carbocycles. The van der Waals surface area contributed by atoms with Gasteiger partial charge in [0.15, 0.2) is 5.78 Å². The Balaban J connectivity index is 2.87. The predicted octanol–water partition coefficient (Wildman–Crippen LogP) is 1.81. The number of alkyl halides is 1. The molecular weight excluding hydrogens is 157 g/mol. The van der Waals surface area contributed by atoms with Gasteiger partial charge in [0.25, 0.3) is 0 Å². The van der Waals surface area contributed by atoms with Gasteiger partial charge < -0.3 is 5.73 Å². The van der Waals surface area contributed by atoms with Crippen molar-refractivity contribution in [2.24, 2.45) is 0 Å². The van der Waals surface area contributed by atoms with E-state index in [2.05, 4.69) is 0 Å². The number of para-hydroxylation sites is 1. The summed E-state index contributed by atoms with van der Waals surface area (Å²) >= 11 is 0. The van der Waals surface area contributed by atoms with E-state index >= 15 is 0 Å². The zero-order valence-corrected chi connectivity index (χ0v) is 6.59. The van der Waals surface area contributed by atoms with Gasteiger partial charge in [-0.1, -0.05) is 12.1 Å². The maximum atomic E-state index is 11.8. The van der Waals surface area contributed by atoms with Crippen LogP contribution in [0.4, 0.5) is 10.1 Å². The molecule has 0 saturated carbocycles. The molecule has 64 valence electrons. The van der Waals surface area contributed by atoms with Gasteiger partial charge in [-0.05, 0) is 12.1 Å². The largest absolute Gasteiger partial charge is 0.398 e. The second-order valence-corrected chi connectivity index (χ2v) is 2.45. The van der Waals surface area contributed by atoms with Crippen molar-refractivity contribution in [2.45, 2.75) is 6.42 Å². The molecule has 3 heteroatoms. The minimum absolute atomic E-state index is 0.0891. The van der Waals surface area contributed by atoms with Crippen molar-refractivity contribution in [2.75, 3.05) is 12.4 Å². The summed E-state index contributed by atoms with van der Waals surface area (Å²) in [6, 6.07) is 6.68. The van der Waals surface area contributed by atoms with Crippen molar-refractivity contribution in [1.29, 1.82) is 0 Å². The normalized spacial score (nSPS) is 9.75. The number of nitrogens with two attached hydrogens (primary N) is 1. The van der Waals surface area contributed by atoms with Crippen LogP contribution < -0.4 is 5.73 Å². The zero-order chi connectivity index (χ0) is 8.97. The number of rotatable bonds is 3. The van der Waals surface area contributed by atoms with Crippen molar-refractivity contribution >= 4 is 11.5 Å². The first-order chi connectivity index (χ1) is 5.75. The Labute approximate surface area is 70.2 Å². The van der Waals surface area contributed by atoms with Crippen LogP contribution in [0.15, 0.2) is 24.3 Å². The fourth-order valence-electron chi connectivity index (χ4n) is 0.971. The van der Waals surface area contributed by atoms with Gasteiger partial charge in [-0.15, -0.1) is 0 Å². The summed E-state index contributed by atoms with van der Waals surface area (Å²) < 4.78 is 11.8. The monoisotopic (exact) mass is 167 g/mol. The summed E-state index contributed by atoms with van der Waals surface area (Å²) in [5.74, 6) is -0.240. The van der Waals surface area contributed by atoms with E-state index in [0.29, 0.717) is 11.3 Å². The van der Waals surface area contributed by atoms with Gasteiger partial charge >= 0.3 is 0 Å². The van der Waals surface area contributed by atoms with E-state index in [0.717, 1.165) is 0 Å². The number of carbonyl (C=O) groups excluding carboxylic acids is 1. The van der Waals surface area contributed by atoms with Crippen molar-refractivity contribution in [3.8, 4) is 0 Å². The summed E-state index contributed by atoms with van der Waals surface area (Å²) in [4.78, 5) is 11.1. The number of carbonyl (C=O) groups is 1. The topological polar surface area (TPSA) is 43.1 Å². The van der Waals surface area contributed by atoms with E-state index in [1.807, 2.05) is 0 Å². The third kappa shape index (κ3) is 1.81. The van der Waals surface area contributed by atoms with Crippen LogP contribution in [-0.4, -0.2) is 12.5 Å². The number of hydrogen-bond acceptors (Lipinski definition) is 2. The van der Waals surface area contributed by atoms with E-state index in [-0.39, 0.29) is 12.2 Å². The molecule has 1 aromatic rings. The second-order valence-electron chi connectivity index (χ2n) is 2.45. The predicted molar refractivity (Wildman–Crippen MR) is 45.8 cm³/mol. The molecule has 0 aromatic heterocycles. The Morgan fingerprint density at radius 1 is 1.42 bits per heavy atom. The minimum atomic E-state index is -0.632. The molecule has 0 atom stereocenters. The van der Waals surface area contributed by atoms with Crippen molar-refractivity contribution in [3.05, 3.63) is 29.8 Å². The summed E-state index contributed by atoms with van der Waals surface area (Å²) in [5, 5.41) is 0. The fraction of sp³-hybridized carbons (Fsp3) is 0.222. The van der Waals surface area contributed by atoms with Crippen LogP contribution in [0.5, 0.6) is 0 Å². The number of nitrogen functional groups attached to an aromatic ring is 1. The number of Topliss-reactive ketones (excluding diaryl/α,β-unsaturated/α-hetero) is 1. The summed E-state index contributed by atoms with van der Waals surface area (Å²) in [6.45, 7) is -0.632. The number of halogens is 1. The molecule has 0 amide bonds. The molecule has 0 radical (unpaired) electrons. The van der Waals surface area contributed by atoms with Crippen LogP contribution in [0.1, 0.15) is 16.8 Å². The molecule has 0 saturated heterocycles. The average molecular weight is 167 g/mol. The van der Waals surface area contributed by atoms with Crippen LogP contribution in [-0.2, 0) is 0 Å². The zero-order valence-electron chi connectivity index (χ0n) is 6.59. The lowest BCUT2D eigenvalue weighted by Crippen LogP contribution is -2.03. The van der Waals surface area contributed by atoms with Crippen LogP contribution in [0.3, 0.4) is 0 Å². The smallest absolute Gasteiger partial charge is 0.167 e. The first-order valence-electron chi connectivity index (χ1n) is 3.69. The van der Waals surface area contributed by atoms with E-state index in [4.69, 9.17) is 5.73 Å². The second kappa shape index (κ2) is 3.85. The van der Waals surface area contributed by atoms with Crippen molar-refractivity contribution < 1.29 is 9.18 Å². The van der Waals surface area contributed by atoms with Gasteiger partial charge in [-0.25, -0.2) is 0 Å². The van der Waals surface area contributed by atoms with Crippen molar-refractivity contribution in [1.82, 2.24) is 0 Å². The maximum Gasteiger partial charge on any atom is 0.167 e. The van der Waals surface area contributed by atoms with Crippen LogP contribution in [0.25, 0.3) is 0 Å². The molecule has 0 aliphatic rings. The third-order valence-electron chi connectivity index (χ3n) is 1.58. The molecule has 12 heavy (non-hydrogen) atoms. The lowest BCUT2D eigenvalue weighted by atomic mass is 10.1. The third-order valence-corrected chi connectivity index (χ3v) is 1.58. The van der Waals surface area contributed by atoms with Gasteiger partial charge in [0, 0.05) is 17.7 Å². The number of ketones is 1. The van der Waals surface area contributed by atoms with Gasteiger partial charge in [-0.2, -0.15) is 0 Å². The molecule has 0 aliphatic carbocycles. The lowest BCUT2D eigenvalue weighted by Gasteiger charge is -2.01. The molecule has 2 N–H and O–H groups in total. The Bertz CT molecular complexity index is 286. The molecule has 0 unspecified atom stereocenters. The molecule has 2 nitrogen and oxygen atoms in total. The molecule has 0 spiro atoms. The van der Waals surface area contributed by atoms with E-state index in [1.54, 1.807) is 24.3 Å². The SMILES string of the molecule is Nc1ccccc1C(=O)CCF. The Hall–Kier alpha value is -1.38. The van der Waals surface area contributed by atoms with Crippen LogP contribution >= 0.6 is 0 Å². The molecule has 0 fully saturated rings. The summed E-state index contributed by atoms with van der Waals surface area (Å²) in [7, 11) is 0. The highest BCUT2D eigenvalue weighted by atomic mass is 19.1. The van der Waals surface area contributed by atoms with E-state index < -0.39 is 6.67 Å². The highest BCUT2D eigenvalue weighted by Gasteiger charge is 2.07. The standard InChI is InChI=1S/C9H10FNO/c10-6-5-9(12)7-3-1-2-4-8(7)11/h1-4H,5-6,11H2. The molecule has 0 bridgehead atoms. The summed E-state index contributed by atoms with van der Waals surface area (Å²) in [6.07, 6.45) is -0.0891. The summed E-state index contributed by atoms with van der Waals surface area (Å²) in [5.41, 5.74) is 6.33. The van der Waals surface area contributed by atoms with Gasteiger partial charge in [0.05, 0.1) is 6.67 Å². The van der Waals surface area contributed by atoms with Gasteiger partial charge in [0.2, 0.25) is 0 Å². The molecular formula is C9H10FNO. The van der Waals surface area contributed by atoms with Crippen molar-refractivity contribution in [3.63, 3.8) is 0 Å². The average Bonchev–Trinajstić information content (AvgIpc) is 2.05. The van der Waals surface area contributed by atoms with E-state index in [9.17, 15) is 9.18 Å². The minimum Gasteiger partial charge on any atom is -0.398 e. The Morgan fingerprint density at radius 3 is 2.67 bits per heavy atom. The first kappa shape index (κ1) is 8.71. The number of hydrogen-bond donors (Lipinski definition) is 1. The quantitative estimate of drug-likeness (QED) is 0.551. The molecule has 0 heterocycles. The Kier molecular flexibility index (Phi) is 2.80. The van der Waals surface area contributed by atoms with Gasteiger partial charge in [-0.3, -0.25) is 9.18 Å². The first-order valence-corrected chi connectivity index (χ1v) is 3.69. The highest BCUT2D eigenvalue weighted by molar-refractivity contribution is 6.00. The highest BCUT2D eigenvalue weighted by Crippen LogP contribution is 2.12. The maximum absolute atomic E-state index is 11.8. The van der Waals surface area contributed by atoms with Gasteiger partial charge in [0.1, 0.15) is 0 Å². The number of benzene rings is 1. The van der Waals surface area contributed by atoms with Crippen LogP contribution in [0.2, 0.25) is 0 Å². The fourth-order valence-corrected chi connectivity index (χ4v) is 0.971. The van der Waals surface area contributed by atoms with Crippen LogP contribution in [0, 0.1) is 0 Å². The number of anilines is 1. The molecule has 0 aliphatic heterocycles. The lowest BCUT2D eigenvalue weighted by molar-refractivity contribution is 0.0975.